The minimum Gasteiger partial charge on any atom is -0.483 e. The Hall–Kier alpha value is -2.91. The van der Waals surface area contributed by atoms with Crippen molar-refractivity contribution in [3.63, 3.8) is 0 Å². The number of anilines is 2. The van der Waals surface area contributed by atoms with Crippen molar-refractivity contribution in [1.29, 1.82) is 0 Å². The largest absolute Gasteiger partial charge is 0.483 e. The molecule has 0 aliphatic rings. The van der Waals surface area contributed by atoms with Gasteiger partial charge in [0.05, 0.1) is 6.21 Å². The Labute approximate surface area is 181 Å². The number of ether oxygens (including phenoxy) is 1. The molecule has 0 atom stereocenters. The number of carbonyl (C=O) groups is 1. The highest BCUT2D eigenvalue weighted by molar-refractivity contribution is 9.10. The average molecular weight is 474 g/mol. The van der Waals surface area contributed by atoms with Gasteiger partial charge in [-0.05, 0) is 30.2 Å². The van der Waals surface area contributed by atoms with Gasteiger partial charge < -0.3 is 15.8 Å². The molecule has 3 aromatic rings. The second-order valence-corrected chi connectivity index (χ2v) is 7.78. The standard InChI is InChI=1S/C20H20BrN5O2S/c21-16-6-7-17(15(10-16)11-24-26-20-25-18(22)13-29-20)28-12-19(27)23-9-8-14-4-2-1-3-5-14/h1-7,10-11,13H,8-9,12,22H2,(H,23,27)(H,25,26). The lowest BCUT2D eigenvalue weighted by molar-refractivity contribution is -0.123. The van der Waals surface area contributed by atoms with Gasteiger partial charge in [0, 0.05) is 22.0 Å². The molecule has 0 saturated carbocycles. The summed E-state index contributed by atoms with van der Waals surface area (Å²) in [6.07, 6.45) is 2.38. The monoisotopic (exact) mass is 473 g/mol. The van der Waals surface area contributed by atoms with Crippen molar-refractivity contribution in [2.45, 2.75) is 6.42 Å². The molecule has 1 aromatic heterocycles. The Morgan fingerprint density at radius 3 is 2.86 bits per heavy atom. The third-order valence-corrected chi connectivity index (χ3v) is 5.05. The zero-order chi connectivity index (χ0) is 20.5. The van der Waals surface area contributed by atoms with Crippen molar-refractivity contribution in [1.82, 2.24) is 10.3 Å². The Morgan fingerprint density at radius 1 is 1.28 bits per heavy atom. The maximum absolute atomic E-state index is 12.1. The minimum absolute atomic E-state index is 0.0757. The van der Waals surface area contributed by atoms with Crippen molar-refractivity contribution in [3.05, 3.63) is 69.5 Å². The van der Waals surface area contributed by atoms with E-state index in [1.54, 1.807) is 17.7 Å². The molecule has 0 bridgehead atoms. The average Bonchev–Trinajstić information content (AvgIpc) is 3.13. The fourth-order valence-electron chi connectivity index (χ4n) is 2.43. The summed E-state index contributed by atoms with van der Waals surface area (Å²) in [6, 6.07) is 15.5. The number of nitrogen functional groups attached to an aromatic ring is 1. The Morgan fingerprint density at radius 2 is 2.10 bits per heavy atom. The van der Waals surface area contributed by atoms with Crippen LogP contribution in [0, 0.1) is 0 Å². The van der Waals surface area contributed by atoms with Crippen molar-refractivity contribution in [2.24, 2.45) is 5.10 Å². The number of nitrogens with two attached hydrogens (primary N) is 1. The van der Waals surface area contributed by atoms with Gasteiger partial charge in [-0.2, -0.15) is 5.10 Å². The highest BCUT2D eigenvalue weighted by atomic mass is 79.9. The van der Waals surface area contributed by atoms with Gasteiger partial charge in [0.25, 0.3) is 5.91 Å². The van der Waals surface area contributed by atoms with Crippen LogP contribution >= 0.6 is 27.3 Å². The van der Waals surface area contributed by atoms with E-state index in [1.807, 2.05) is 42.5 Å². The first-order chi connectivity index (χ1) is 14.1. The second-order valence-electron chi connectivity index (χ2n) is 6.00. The van der Waals surface area contributed by atoms with Crippen LogP contribution in [0.15, 0.2) is 63.5 Å². The van der Waals surface area contributed by atoms with E-state index in [0.29, 0.717) is 28.8 Å². The summed E-state index contributed by atoms with van der Waals surface area (Å²) >= 11 is 4.79. The number of amides is 1. The molecule has 0 aliphatic carbocycles. The predicted octanol–water partition coefficient (Wildman–Crippen LogP) is 3.67. The molecule has 2 aromatic carbocycles. The van der Waals surface area contributed by atoms with Crippen LogP contribution in [-0.4, -0.2) is 30.3 Å². The van der Waals surface area contributed by atoms with Gasteiger partial charge in [-0.3, -0.25) is 10.2 Å². The molecule has 0 radical (unpaired) electrons. The van der Waals surface area contributed by atoms with Crippen LogP contribution in [0.3, 0.4) is 0 Å². The smallest absolute Gasteiger partial charge is 0.257 e. The molecular formula is C20H20BrN5O2S. The first kappa shape index (κ1) is 20.8. The van der Waals surface area contributed by atoms with Crippen LogP contribution in [0.5, 0.6) is 5.75 Å². The van der Waals surface area contributed by atoms with Crippen molar-refractivity contribution in [2.75, 3.05) is 24.3 Å². The van der Waals surface area contributed by atoms with Gasteiger partial charge >= 0.3 is 0 Å². The Kier molecular flexibility index (Phi) is 7.60. The van der Waals surface area contributed by atoms with Gasteiger partial charge in [0.1, 0.15) is 11.6 Å². The van der Waals surface area contributed by atoms with Crippen LogP contribution in [0.25, 0.3) is 0 Å². The lowest BCUT2D eigenvalue weighted by Crippen LogP contribution is -2.30. The molecule has 0 spiro atoms. The Balaban J connectivity index is 1.51. The van der Waals surface area contributed by atoms with Crippen molar-refractivity contribution < 1.29 is 9.53 Å². The summed E-state index contributed by atoms with van der Waals surface area (Å²) in [7, 11) is 0. The van der Waals surface area contributed by atoms with Crippen LogP contribution in [0.2, 0.25) is 0 Å². The summed E-state index contributed by atoms with van der Waals surface area (Å²) < 4.78 is 6.55. The van der Waals surface area contributed by atoms with E-state index in [-0.39, 0.29) is 12.5 Å². The fraction of sp³-hybridized carbons (Fsp3) is 0.150. The molecule has 4 N–H and O–H groups in total. The normalized spacial score (nSPS) is 10.8. The predicted molar refractivity (Wildman–Crippen MR) is 121 cm³/mol. The maximum Gasteiger partial charge on any atom is 0.257 e. The molecule has 1 amide bonds. The highest BCUT2D eigenvalue weighted by Crippen LogP contribution is 2.22. The van der Waals surface area contributed by atoms with E-state index in [1.165, 1.54) is 16.9 Å². The van der Waals surface area contributed by atoms with E-state index < -0.39 is 0 Å². The number of hydrazone groups is 1. The molecule has 1 heterocycles. The van der Waals surface area contributed by atoms with Crippen LogP contribution in [0.4, 0.5) is 10.9 Å². The SMILES string of the molecule is Nc1csc(NN=Cc2cc(Br)ccc2OCC(=O)NCCc2ccccc2)n1. The van der Waals surface area contributed by atoms with E-state index >= 15 is 0 Å². The first-order valence-corrected chi connectivity index (χ1v) is 10.5. The zero-order valence-electron chi connectivity index (χ0n) is 15.5. The number of hydrogen-bond donors (Lipinski definition) is 3. The summed E-state index contributed by atoms with van der Waals surface area (Å²) in [5.41, 5.74) is 10.3. The van der Waals surface area contributed by atoms with Gasteiger partial charge in [0.15, 0.2) is 6.61 Å². The van der Waals surface area contributed by atoms with E-state index in [4.69, 9.17) is 10.5 Å². The van der Waals surface area contributed by atoms with Gasteiger partial charge in [0.2, 0.25) is 5.13 Å². The van der Waals surface area contributed by atoms with Gasteiger partial charge in [-0.25, -0.2) is 4.98 Å². The molecule has 29 heavy (non-hydrogen) atoms. The topological polar surface area (TPSA) is 102 Å². The van der Waals surface area contributed by atoms with Crippen molar-refractivity contribution >= 4 is 50.3 Å². The quantitative estimate of drug-likeness (QED) is 0.325. The van der Waals surface area contributed by atoms with Crippen LogP contribution < -0.4 is 21.2 Å². The molecule has 0 saturated heterocycles. The molecule has 0 aliphatic heterocycles. The molecule has 0 unspecified atom stereocenters. The third kappa shape index (κ3) is 6.88. The van der Waals surface area contributed by atoms with Crippen LogP contribution in [-0.2, 0) is 11.2 Å². The number of nitrogens with one attached hydrogen (secondary N) is 2. The molecule has 3 rings (SSSR count). The summed E-state index contributed by atoms with van der Waals surface area (Å²) in [5.74, 6) is 0.816. The number of nitrogens with zero attached hydrogens (tertiary/aromatic N) is 2. The molecule has 0 fully saturated rings. The number of thiazole rings is 1. The summed E-state index contributed by atoms with van der Waals surface area (Å²) in [4.78, 5) is 16.1. The number of carbonyl (C=O) groups excluding carboxylic acids is 1. The van der Waals surface area contributed by atoms with E-state index in [9.17, 15) is 4.79 Å². The van der Waals surface area contributed by atoms with E-state index in [0.717, 1.165) is 10.9 Å². The summed E-state index contributed by atoms with van der Waals surface area (Å²) in [6.45, 7) is 0.482. The number of rotatable bonds is 9. The number of hydrogen-bond acceptors (Lipinski definition) is 7. The van der Waals surface area contributed by atoms with Gasteiger partial charge in [-0.15, -0.1) is 11.3 Å². The Bertz CT molecular complexity index is 978. The van der Waals surface area contributed by atoms with Gasteiger partial charge in [-0.1, -0.05) is 46.3 Å². The molecular weight excluding hydrogens is 454 g/mol. The van der Waals surface area contributed by atoms with E-state index in [2.05, 4.69) is 36.8 Å². The number of aromatic nitrogens is 1. The molecule has 7 nitrogen and oxygen atoms in total. The molecule has 150 valence electrons. The minimum atomic E-state index is -0.178. The summed E-state index contributed by atoms with van der Waals surface area (Å²) in [5, 5.41) is 9.33. The molecule has 9 heteroatoms. The number of benzene rings is 2. The fourth-order valence-corrected chi connectivity index (χ4v) is 3.36. The second kappa shape index (κ2) is 10.6. The first-order valence-electron chi connectivity index (χ1n) is 8.83. The number of halogens is 1. The maximum atomic E-state index is 12.1. The lowest BCUT2D eigenvalue weighted by atomic mass is 10.1. The lowest BCUT2D eigenvalue weighted by Gasteiger charge is -2.10. The van der Waals surface area contributed by atoms with Crippen LogP contribution in [0.1, 0.15) is 11.1 Å². The highest BCUT2D eigenvalue weighted by Gasteiger charge is 2.07. The van der Waals surface area contributed by atoms with Crippen molar-refractivity contribution in [3.8, 4) is 5.75 Å². The third-order valence-electron chi connectivity index (χ3n) is 3.80. The zero-order valence-corrected chi connectivity index (χ0v) is 17.9.